The second-order valence-electron chi connectivity index (χ2n) is 4.84. The van der Waals surface area contributed by atoms with Crippen molar-refractivity contribution in [1.82, 2.24) is 0 Å². The number of carbonyl (C=O) groups excluding carboxylic acids is 1. The van der Waals surface area contributed by atoms with E-state index in [1.165, 1.54) is 24.1 Å². The molecule has 15 heavy (non-hydrogen) atoms. The van der Waals surface area contributed by atoms with E-state index in [0.29, 0.717) is 5.78 Å². The molecule has 1 aromatic heterocycles. The molecule has 1 aliphatic carbocycles. The summed E-state index contributed by atoms with van der Waals surface area (Å²) in [4.78, 5) is 13.6. The van der Waals surface area contributed by atoms with E-state index in [2.05, 4.69) is 6.92 Å². The molecule has 0 amide bonds. The highest BCUT2D eigenvalue weighted by Gasteiger charge is 2.35. The molecular formula is C13H18OS. The standard InChI is InChI=1S/C13H18OS/c1-10-11(6-9-15-10)12(14)13(2)7-4-3-5-8-13/h6,9H,3-5,7-8H2,1-2H3. The Hall–Kier alpha value is -0.630. The van der Waals surface area contributed by atoms with Crippen molar-refractivity contribution in [2.24, 2.45) is 5.41 Å². The second kappa shape index (κ2) is 4.09. The van der Waals surface area contributed by atoms with Gasteiger partial charge in [0.2, 0.25) is 0 Å². The number of hydrogen-bond donors (Lipinski definition) is 0. The zero-order valence-electron chi connectivity index (χ0n) is 9.51. The molecule has 0 saturated heterocycles. The van der Waals surface area contributed by atoms with Gasteiger partial charge in [0.15, 0.2) is 5.78 Å². The smallest absolute Gasteiger partial charge is 0.169 e. The van der Waals surface area contributed by atoms with Crippen LogP contribution in [0.15, 0.2) is 11.4 Å². The van der Waals surface area contributed by atoms with Crippen LogP contribution in [-0.4, -0.2) is 5.78 Å². The van der Waals surface area contributed by atoms with E-state index in [1.54, 1.807) is 11.3 Å². The molecule has 0 aromatic carbocycles. The third-order valence-corrected chi connectivity index (χ3v) is 4.45. The van der Waals surface area contributed by atoms with Crippen molar-refractivity contribution in [3.05, 3.63) is 21.9 Å². The van der Waals surface area contributed by atoms with Crippen molar-refractivity contribution < 1.29 is 4.79 Å². The summed E-state index contributed by atoms with van der Waals surface area (Å²) >= 11 is 1.67. The molecule has 1 heterocycles. The van der Waals surface area contributed by atoms with E-state index in [1.807, 2.05) is 18.4 Å². The summed E-state index contributed by atoms with van der Waals surface area (Å²) in [6, 6.07) is 1.99. The predicted octanol–water partition coefficient (Wildman–Crippen LogP) is 4.21. The fourth-order valence-electron chi connectivity index (χ4n) is 2.50. The van der Waals surface area contributed by atoms with Crippen molar-refractivity contribution in [3.63, 3.8) is 0 Å². The van der Waals surface area contributed by atoms with Crippen molar-refractivity contribution in [1.29, 1.82) is 0 Å². The molecule has 0 bridgehead atoms. The molecule has 0 atom stereocenters. The summed E-state index contributed by atoms with van der Waals surface area (Å²) in [7, 11) is 0. The Morgan fingerprint density at radius 1 is 1.33 bits per heavy atom. The Kier molecular flexibility index (Phi) is 2.96. The lowest BCUT2D eigenvalue weighted by molar-refractivity contribution is 0.0749. The van der Waals surface area contributed by atoms with E-state index in [0.717, 1.165) is 18.4 Å². The second-order valence-corrected chi connectivity index (χ2v) is 5.96. The van der Waals surface area contributed by atoms with Gasteiger partial charge in [0.1, 0.15) is 0 Å². The molecular weight excluding hydrogens is 204 g/mol. The molecule has 2 rings (SSSR count). The number of rotatable bonds is 2. The minimum atomic E-state index is -0.0793. The van der Waals surface area contributed by atoms with E-state index >= 15 is 0 Å². The van der Waals surface area contributed by atoms with Gasteiger partial charge in [0, 0.05) is 15.9 Å². The van der Waals surface area contributed by atoms with Crippen LogP contribution in [0.5, 0.6) is 0 Å². The maximum absolute atomic E-state index is 12.4. The summed E-state index contributed by atoms with van der Waals surface area (Å²) in [5.41, 5.74) is 0.883. The van der Waals surface area contributed by atoms with Crippen molar-refractivity contribution in [3.8, 4) is 0 Å². The Bertz CT molecular complexity index is 358. The molecule has 0 unspecified atom stereocenters. The van der Waals surface area contributed by atoms with Gasteiger partial charge in [-0.2, -0.15) is 0 Å². The topological polar surface area (TPSA) is 17.1 Å². The Balaban J connectivity index is 2.23. The summed E-state index contributed by atoms with van der Waals surface area (Å²) in [6.07, 6.45) is 5.87. The van der Waals surface area contributed by atoms with Crippen molar-refractivity contribution in [2.45, 2.75) is 46.0 Å². The van der Waals surface area contributed by atoms with Gasteiger partial charge in [-0.1, -0.05) is 26.2 Å². The SMILES string of the molecule is Cc1sccc1C(=O)C1(C)CCCCC1. The number of aryl methyl sites for hydroxylation is 1. The molecule has 1 saturated carbocycles. The first-order valence-corrected chi connectivity index (χ1v) is 6.60. The minimum Gasteiger partial charge on any atom is -0.294 e. The molecule has 1 nitrogen and oxygen atoms in total. The van der Waals surface area contributed by atoms with E-state index in [9.17, 15) is 4.79 Å². The van der Waals surface area contributed by atoms with Crippen LogP contribution in [0, 0.1) is 12.3 Å². The van der Waals surface area contributed by atoms with Gasteiger partial charge in [-0.25, -0.2) is 0 Å². The fraction of sp³-hybridized carbons (Fsp3) is 0.615. The normalized spacial score (nSPS) is 20.1. The molecule has 0 radical (unpaired) electrons. The Labute approximate surface area is 95.5 Å². The molecule has 1 fully saturated rings. The third-order valence-electron chi connectivity index (χ3n) is 3.61. The molecule has 0 N–H and O–H groups in total. The van der Waals surface area contributed by atoms with Crippen LogP contribution in [0.1, 0.15) is 54.3 Å². The molecule has 0 spiro atoms. The molecule has 1 aliphatic rings. The van der Waals surface area contributed by atoms with E-state index < -0.39 is 0 Å². The highest BCUT2D eigenvalue weighted by atomic mass is 32.1. The molecule has 82 valence electrons. The van der Waals surface area contributed by atoms with Crippen LogP contribution >= 0.6 is 11.3 Å². The number of hydrogen-bond acceptors (Lipinski definition) is 2. The third kappa shape index (κ3) is 2.00. The maximum atomic E-state index is 12.4. The number of thiophene rings is 1. The van der Waals surface area contributed by atoms with Gasteiger partial charge in [0.05, 0.1) is 0 Å². The van der Waals surface area contributed by atoms with Gasteiger partial charge < -0.3 is 0 Å². The highest BCUT2D eigenvalue weighted by molar-refractivity contribution is 7.10. The Morgan fingerprint density at radius 3 is 2.53 bits per heavy atom. The summed E-state index contributed by atoms with van der Waals surface area (Å²) in [5, 5.41) is 2.02. The van der Waals surface area contributed by atoms with E-state index in [-0.39, 0.29) is 5.41 Å². The van der Waals surface area contributed by atoms with Gasteiger partial charge in [-0.05, 0) is 31.2 Å². The molecule has 0 aliphatic heterocycles. The van der Waals surface area contributed by atoms with Crippen LogP contribution < -0.4 is 0 Å². The van der Waals surface area contributed by atoms with Crippen molar-refractivity contribution in [2.75, 3.05) is 0 Å². The average molecular weight is 222 g/mol. The summed E-state index contributed by atoms with van der Waals surface area (Å²) < 4.78 is 0. The first-order valence-electron chi connectivity index (χ1n) is 5.72. The minimum absolute atomic E-state index is 0.0793. The van der Waals surface area contributed by atoms with Gasteiger partial charge in [0.25, 0.3) is 0 Å². The van der Waals surface area contributed by atoms with Crippen LogP contribution in [-0.2, 0) is 0 Å². The monoisotopic (exact) mass is 222 g/mol. The number of ketones is 1. The summed E-state index contributed by atoms with van der Waals surface area (Å²) in [5.74, 6) is 0.376. The van der Waals surface area contributed by atoms with Crippen LogP contribution in [0.3, 0.4) is 0 Å². The first kappa shape index (κ1) is 10.9. The van der Waals surface area contributed by atoms with Crippen LogP contribution in [0.2, 0.25) is 0 Å². The molecule has 2 heteroatoms. The lowest BCUT2D eigenvalue weighted by atomic mass is 9.71. The largest absolute Gasteiger partial charge is 0.294 e. The zero-order valence-corrected chi connectivity index (χ0v) is 10.3. The highest BCUT2D eigenvalue weighted by Crippen LogP contribution is 2.39. The van der Waals surface area contributed by atoms with Gasteiger partial charge in [-0.15, -0.1) is 11.3 Å². The number of Topliss-reactive ketones (excluding diaryl/α,β-unsaturated/α-hetero) is 1. The average Bonchev–Trinajstić information content (AvgIpc) is 2.64. The quantitative estimate of drug-likeness (QED) is 0.685. The van der Waals surface area contributed by atoms with Gasteiger partial charge in [-0.3, -0.25) is 4.79 Å². The van der Waals surface area contributed by atoms with Gasteiger partial charge >= 0.3 is 0 Å². The van der Waals surface area contributed by atoms with Crippen molar-refractivity contribution >= 4 is 17.1 Å². The van der Waals surface area contributed by atoms with Crippen LogP contribution in [0.25, 0.3) is 0 Å². The maximum Gasteiger partial charge on any atom is 0.169 e. The Morgan fingerprint density at radius 2 is 2.00 bits per heavy atom. The first-order chi connectivity index (χ1) is 7.13. The van der Waals surface area contributed by atoms with Crippen LogP contribution in [0.4, 0.5) is 0 Å². The number of carbonyl (C=O) groups is 1. The predicted molar refractivity (Wildman–Crippen MR) is 64.6 cm³/mol. The zero-order chi connectivity index (χ0) is 10.9. The van der Waals surface area contributed by atoms with E-state index in [4.69, 9.17) is 0 Å². The lowest BCUT2D eigenvalue weighted by Crippen LogP contribution is -2.30. The lowest BCUT2D eigenvalue weighted by Gasteiger charge is -2.31. The summed E-state index contributed by atoms with van der Waals surface area (Å²) in [6.45, 7) is 4.19. The molecule has 1 aromatic rings. The fourth-order valence-corrected chi connectivity index (χ4v) is 3.20.